The highest BCUT2D eigenvalue weighted by Gasteiger charge is 2.11. The van der Waals surface area contributed by atoms with E-state index in [1.54, 1.807) is 13.4 Å². The van der Waals surface area contributed by atoms with Gasteiger partial charge in [0.05, 0.1) is 18.0 Å². The van der Waals surface area contributed by atoms with Crippen LogP contribution in [0, 0.1) is 6.92 Å². The van der Waals surface area contributed by atoms with E-state index in [1.165, 1.54) is 11.8 Å². The van der Waals surface area contributed by atoms with Crippen LogP contribution < -0.4 is 5.32 Å². The van der Waals surface area contributed by atoms with Gasteiger partial charge in [0.1, 0.15) is 6.33 Å². The number of carbonyl (C=O) groups is 1. The number of rotatable bonds is 7. The van der Waals surface area contributed by atoms with Gasteiger partial charge in [-0.25, -0.2) is 0 Å². The lowest BCUT2D eigenvalue weighted by atomic mass is 10.2. The molecule has 2 rings (SSSR count). The molecule has 0 aliphatic rings. The Morgan fingerprint density at radius 2 is 2.24 bits per heavy atom. The largest absolute Gasteiger partial charge is 0.383 e. The van der Waals surface area contributed by atoms with E-state index in [0.717, 1.165) is 11.3 Å². The molecule has 0 unspecified atom stereocenters. The van der Waals surface area contributed by atoms with Crippen molar-refractivity contribution >= 4 is 17.7 Å². The summed E-state index contributed by atoms with van der Waals surface area (Å²) in [5.41, 5.74) is 2.15. The highest BCUT2D eigenvalue weighted by Crippen LogP contribution is 2.21. The Labute approximate surface area is 127 Å². The standard InChI is InChI=1S/C14H18N4O2S/c1-11-5-3-4-6-12(11)18-10-16-17-14(18)21-9-13(19)15-7-8-20-2/h3-6,10H,7-9H2,1-2H3,(H,15,19). The number of aryl methyl sites for hydroxylation is 1. The first kappa shape index (κ1) is 15.5. The number of ether oxygens (including phenoxy) is 1. The van der Waals surface area contributed by atoms with Crippen LogP contribution in [0.15, 0.2) is 35.7 Å². The summed E-state index contributed by atoms with van der Waals surface area (Å²) < 4.78 is 6.78. The van der Waals surface area contributed by atoms with Gasteiger partial charge in [-0.05, 0) is 18.6 Å². The summed E-state index contributed by atoms with van der Waals surface area (Å²) in [6.45, 7) is 3.05. The summed E-state index contributed by atoms with van der Waals surface area (Å²) in [5, 5.41) is 11.5. The Kier molecular flexibility index (Phi) is 5.77. The van der Waals surface area contributed by atoms with Crippen LogP contribution in [-0.2, 0) is 9.53 Å². The van der Waals surface area contributed by atoms with E-state index < -0.39 is 0 Å². The summed E-state index contributed by atoms with van der Waals surface area (Å²) in [5.74, 6) is 0.255. The third kappa shape index (κ3) is 4.30. The third-order valence-corrected chi connectivity index (χ3v) is 3.80. The van der Waals surface area contributed by atoms with Gasteiger partial charge in [0, 0.05) is 13.7 Å². The predicted octanol–water partition coefficient (Wildman–Crippen LogP) is 1.43. The minimum absolute atomic E-state index is 0.0450. The van der Waals surface area contributed by atoms with Gasteiger partial charge >= 0.3 is 0 Å². The number of thioether (sulfide) groups is 1. The molecule has 0 aliphatic carbocycles. The maximum absolute atomic E-state index is 11.7. The number of hydrogen-bond donors (Lipinski definition) is 1. The van der Waals surface area contributed by atoms with Crippen molar-refractivity contribution in [2.75, 3.05) is 26.0 Å². The number of nitrogens with zero attached hydrogens (tertiary/aromatic N) is 3. The minimum atomic E-state index is -0.0450. The van der Waals surface area contributed by atoms with Gasteiger partial charge in [-0.15, -0.1) is 10.2 Å². The first-order valence-electron chi connectivity index (χ1n) is 6.57. The first-order chi connectivity index (χ1) is 10.2. The van der Waals surface area contributed by atoms with Gasteiger partial charge in [0.2, 0.25) is 5.91 Å². The maximum Gasteiger partial charge on any atom is 0.230 e. The molecule has 1 heterocycles. The van der Waals surface area contributed by atoms with Crippen molar-refractivity contribution in [1.29, 1.82) is 0 Å². The second-order valence-electron chi connectivity index (χ2n) is 4.40. The molecule has 21 heavy (non-hydrogen) atoms. The number of methoxy groups -OCH3 is 1. The summed E-state index contributed by atoms with van der Waals surface area (Å²) in [6.07, 6.45) is 1.66. The van der Waals surface area contributed by atoms with Crippen LogP contribution in [0.5, 0.6) is 0 Å². The Morgan fingerprint density at radius 1 is 1.43 bits per heavy atom. The van der Waals surface area contributed by atoms with Crippen LogP contribution in [0.2, 0.25) is 0 Å². The van der Waals surface area contributed by atoms with E-state index in [-0.39, 0.29) is 5.91 Å². The molecule has 1 aromatic heterocycles. The molecule has 7 heteroatoms. The normalized spacial score (nSPS) is 10.6. The van der Waals surface area contributed by atoms with Crippen molar-refractivity contribution < 1.29 is 9.53 Å². The van der Waals surface area contributed by atoms with Gasteiger partial charge < -0.3 is 10.1 Å². The minimum Gasteiger partial charge on any atom is -0.383 e. The van der Waals surface area contributed by atoms with E-state index in [4.69, 9.17) is 4.74 Å². The van der Waals surface area contributed by atoms with Crippen LogP contribution in [0.4, 0.5) is 0 Å². The molecule has 2 aromatic rings. The second-order valence-corrected chi connectivity index (χ2v) is 5.34. The number of hydrogen-bond acceptors (Lipinski definition) is 5. The van der Waals surface area contributed by atoms with E-state index in [0.29, 0.717) is 24.1 Å². The Balaban J connectivity index is 1.98. The fourth-order valence-electron chi connectivity index (χ4n) is 1.80. The molecule has 0 spiro atoms. The fraction of sp³-hybridized carbons (Fsp3) is 0.357. The molecule has 0 saturated carbocycles. The highest BCUT2D eigenvalue weighted by molar-refractivity contribution is 7.99. The Hall–Kier alpha value is -1.86. The lowest BCUT2D eigenvalue weighted by Gasteiger charge is -2.09. The zero-order valence-electron chi connectivity index (χ0n) is 12.1. The third-order valence-electron chi connectivity index (χ3n) is 2.85. The molecule has 0 fully saturated rings. The molecular weight excluding hydrogens is 288 g/mol. The van der Waals surface area contributed by atoms with Crippen molar-refractivity contribution in [3.05, 3.63) is 36.2 Å². The van der Waals surface area contributed by atoms with Crippen LogP contribution in [0.1, 0.15) is 5.56 Å². The zero-order chi connectivity index (χ0) is 15.1. The summed E-state index contributed by atoms with van der Waals surface area (Å²) in [4.78, 5) is 11.7. The van der Waals surface area contributed by atoms with E-state index in [1.807, 2.05) is 35.8 Å². The zero-order valence-corrected chi connectivity index (χ0v) is 12.9. The van der Waals surface area contributed by atoms with E-state index in [9.17, 15) is 4.79 Å². The Bertz CT molecular complexity index is 600. The van der Waals surface area contributed by atoms with Crippen LogP contribution >= 0.6 is 11.8 Å². The average molecular weight is 306 g/mol. The van der Waals surface area contributed by atoms with Crippen molar-refractivity contribution in [2.45, 2.75) is 12.1 Å². The number of para-hydroxylation sites is 1. The summed E-state index contributed by atoms with van der Waals surface area (Å²) in [7, 11) is 1.60. The number of benzene rings is 1. The lowest BCUT2D eigenvalue weighted by molar-refractivity contribution is -0.118. The predicted molar refractivity (Wildman–Crippen MR) is 81.7 cm³/mol. The van der Waals surface area contributed by atoms with Crippen molar-refractivity contribution in [2.24, 2.45) is 0 Å². The maximum atomic E-state index is 11.7. The summed E-state index contributed by atoms with van der Waals surface area (Å²) in [6, 6.07) is 7.98. The average Bonchev–Trinajstić information content (AvgIpc) is 2.94. The SMILES string of the molecule is COCCNC(=O)CSc1nncn1-c1ccccc1C. The number of aromatic nitrogens is 3. The molecule has 1 N–H and O–H groups in total. The van der Waals surface area contributed by atoms with E-state index >= 15 is 0 Å². The molecule has 0 bridgehead atoms. The van der Waals surface area contributed by atoms with Crippen LogP contribution in [-0.4, -0.2) is 46.7 Å². The Morgan fingerprint density at radius 3 is 3.00 bits per heavy atom. The molecule has 0 radical (unpaired) electrons. The van der Waals surface area contributed by atoms with Crippen molar-refractivity contribution in [3.63, 3.8) is 0 Å². The smallest absolute Gasteiger partial charge is 0.230 e. The molecule has 1 amide bonds. The van der Waals surface area contributed by atoms with Crippen molar-refractivity contribution in [3.8, 4) is 5.69 Å². The van der Waals surface area contributed by atoms with Gasteiger partial charge in [0.15, 0.2) is 5.16 Å². The molecule has 0 aliphatic heterocycles. The van der Waals surface area contributed by atoms with Gasteiger partial charge in [-0.3, -0.25) is 9.36 Å². The summed E-state index contributed by atoms with van der Waals surface area (Å²) >= 11 is 1.36. The lowest BCUT2D eigenvalue weighted by Crippen LogP contribution is -2.28. The first-order valence-corrected chi connectivity index (χ1v) is 7.55. The monoisotopic (exact) mass is 306 g/mol. The van der Waals surface area contributed by atoms with E-state index in [2.05, 4.69) is 15.5 Å². The second kappa shape index (κ2) is 7.80. The highest BCUT2D eigenvalue weighted by atomic mass is 32.2. The number of nitrogens with one attached hydrogen (secondary N) is 1. The van der Waals surface area contributed by atoms with Gasteiger partial charge in [-0.1, -0.05) is 30.0 Å². The van der Waals surface area contributed by atoms with Crippen LogP contribution in [0.25, 0.3) is 5.69 Å². The van der Waals surface area contributed by atoms with Crippen LogP contribution in [0.3, 0.4) is 0 Å². The molecule has 6 nitrogen and oxygen atoms in total. The fourth-order valence-corrected chi connectivity index (χ4v) is 2.55. The van der Waals surface area contributed by atoms with Crippen molar-refractivity contribution in [1.82, 2.24) is 20.1 Å². The molecule has 112 valence electrons. The quantitative estimate of drug-likeness (QED) is 0.619. The number of carbonyl (C=O) groups excluding carboxylic acids is 1. The molecule has 0 atom stereocenters. The molecule has 0 saturated heterocycles. The molecule has 1 aromatic carbocycles. The topological polar surface area (TPSA) is 69.0 Å². The van der Waals surface area contributed by atoms with Gasteiger partial charge in [0.25, 0.3) is 0 Å². The number of amides is 1. The molecular formula is C14H18N4O2S. The van der Waals surface area contributed by atoms with Gasteiger partial charge in [-0.2, -0.15) is 0 Å².